The third kappa shape index (κ3) is 4.19. The minimum absolute atomic E-state index is 0.733. The van der Waals surface area contributed by atoms with Gasteiger partial charge in [-0.3, -0.25) is 0 Å². The van der Waals surface area contributed by atoms with E-state index in [2.05, 4.69) is 173 Å². The van der Waals surface area contributed by atoms with Gasteiger partial charge in [-0.15, -0.1) is 11.3 Å². The number of hydrogen-bond acceptors (Lipinski definition) is 3. The van der Waals surface area contributed by atoms with Crippen LogP contribution in [-0.4, -0.2) is 19.1 Å². The number of nitrogens with zero attached hydrogens (tertiary/aromatic N) is 4. The van der Waals surface area contributed by atoms with Crippen LogP contribution in [0.4, 0.5) is 0 Å². The number of aromatic nitrogens is 4. The Balaban J connectivity index is 1.12. The van der Waals surface area contributed by atoms with Gasteiger partial charge in [-0.1, -0.05) is 103 Å². The molecule has 0 fully saturated rings. The van der Waals surface area contributed by atoms with Crippen molar-refractivity contribution in [3.63, 3.8) is 0 Å². The van der Waals surface area contributed by atoms with E-state index in [-0.39, 0.29) is 0 Å². The molecule has 11 aromatic rings. The van der Waals surface area contributed by atoms with Crippen molar-refractivity contribution in [2.24, 2.45) is 0 Å². The molecule has 5 heteroatoms. The lowest BCUT2D eigenvalue weighted by Crippen LogP contribution is -1.96. The van der Waals surface area contributed by atoms with Crippen LogP contribution in [0.5, 0.6) is 0 Å². The molecule has 0 aliphatic rings. The fraction of sp³-hybridized carbons (Fsp3) is 0. The summed E-state index contributed by atoms with van der Waals surface area (Å²) < 4.78 is 6.01. The molecule has 7 aromatic carbocycles. The van der Waals surface area contributed by atoms with Crippen LogP contribution in [0.2, 0.25) is 0 Å². The van der Waals surface area contributed by atoms with Crippen LogP contribution in [0.1, 0.15) is 0 Å². The van der Waals surface area contributed by atoms with Gasteiger partial charge in [-0.2, -0.15) is 0 Å². The van der Waals surface area contributed by atoms with E-state index in [1.165, 1.54) is 53.7 Å². The first kappa shape index (κ1) is 28.3. The summed E-state index contributed by atoms with van der Waals surface area (Å²) in [6.07, 6.45) is 0. The Kier molecular flexibility index (Phi) is 6.09. The summed E-state index contributed by atoms with van der Waals surface area (Å²) in [5, 5.41) is 7.35. The van der Waals surface area contributed by atoms with Crippen LogP contribution in [0, 0.1) is 0 Å². The highest BCUT2D eigenvalue weighted by atomic mass is 32.1. The molecule has 51 heavy (non-hydrogen) atoms. The van der Waals surface area contributed by atoms with E-state index < -0.39 is 0 Å². The first-order chi connectivity index (χ1) is 25.3. The molecule has 0 aliphatic carbocycles. The zero-order chi connectivity index (χ0) is 33.5. The second-order valence-corrected chi connectivity index (χ2v) is 14.0. The molecule has 0 saturated heterocycles. The summed E-state index contributed by atoms with van der Waals surface area (Å²) >= 11 is 1.73. The minimum atomic E-state index is 0.733. The zero-order valence-corrected chi connectivity index (χ0v) is 28.2. The number of hydrogen-bond donors (Lipinski definition) is 0. The van der Waals surface area contributed by atoms with Crippen molar-refractivity contribution < 1.29 is 0 Å². The molecule has 0 spiro atoms. The van der Waals surface area contributed by atoms with Crippen molar-refractivity contribution in [2.75, 3.05) is 0 Å². The zero-order valence-electron chi connectivity index (χ0n) is 27.4. The summed E-state index contributed by atoms with van der Waals surface area (Å²) in [5.74, 6) is 0.733. The Labute approximate surface area is 297 Å². The van der Waals surface area contributed by atoms with Crippen molar-refractivity contribution >= 4 is 75.3 Å². The molecule has 0 amide bonds. The Hall–Kier alpha value is -6.56. The van der Waals surface area contributed by atoms with Crippen LogP contribution < -0.4 is 0 Å². The number of thiophene rings is 1. The SMILES string of the molecule is c1ccc(-c2nc(-c3ccc(-n4c5ccccc5c5c6c7ccccc7n(-c7ccccc7)c6ccc54)cc3)nc3sc4ccccc4c23)cc1. The van der Waals surface area contributed by atoms with Gasteiger partial charge in [0.15, 0.2) is 5.82 Å². The first-order valence-electron chi connectivity index (χ1n) is 17.2. The van der Waals surface area contributed by atoms with Gasteiger partial charge in [0, 0.05) is 59.5 Å². The molecule has 0 atom stereocenters. The lowest BCUT2D eigenvalue weighted by atomic mass is 10.1. The summed E-state index contributed by atoms with van der Waals surface area (Å²) in [6, 6.07) is 60.5. The van der Waals surface area contributed by atoms with Gasteiger partial charge in [0.05, 0.1) is 27.8 Å². The lowest BCUT2D eigenvalue weighted by molar-refractivity contribution is 1.17. The van der Waals surface area contributed by atoms with E-state index in [9.17, 15) is 0 Å². The number of benzene rings is 7. The predicted octanol–water partition coefficient (Wildman–Crippen LogP) is 12.4. The quantitative estimate of drug-likeness (QED) is 0.187. The molecule has 0 N–H and O–H groups in total. The van der Waals surface area contributed by atoms with Crippen molar-refractivity contribution in [3.8, 4) is 34.0 Å². The molecule has 0 saturated carbocycles. The van der Waals surface area contributed by atoms with E-state index >= 15 is 0 Å². The summed E-state index contributed by atoms with van der Waals surface area (Å²) in [4.78, 5) is 11.4. The smallest absolute Gasteiger partial charge is 0.161 e. The molecular weight excluding hydrogens is 641 g/mol. The van der Waals surface area contributed by atoms with Crippen LogP contribution in [0.3, 0.4) is 0 Å². The number of para-hydroxylation sites is 3. The van der Waals surface area contributed by atoms with Crippen LogP contribution in [0.25, 0.3) is 97.9 Å². The predicted molar refractivity (Wildman–Crippen MR) is 214 cm³/mol. The maximum atomic E-state index is 5.23. The summed E-state index contributed by atoms with van der Waals surface area (Å²) in [7, 11) is 0. The van der Waals surface area contributed by atoms with E-state index in [4.69, 9.17) is 9.97 Å². The molecule has 238 valence electrons. The largest absolute Gasteiger partial charge is 0.309 e. The molecule has 4 heterocycles. The highest BCUT2D eigenvalue weighted by molar-refractivity contribution is 7.25. The standard InChI is InChI=1S/C46H28N4S/c1-3-13-29(14-4-1)44-43-35-19-9-12-22-40(35)51-46(43)48-45(47-44)30-23-25-32(26-24-30)50-37-21-11-8-18-34(37)42-39(50)28-27-38-41(42)33-17-7-10-20-36(33)49(38)31-15-5-2-6-16-31/h1-28H. The average molecular weight is 669 g/mol. The van der Waals surface area contributed by atoms with Crippen molar-refractivity contribution in [1.82, 2.24) is 19.1 Å². The monoisotopic (exact) mass is 668 g/mol. The van der Waals surface area contributed by atoms with Crippen LogP contribution in [-0.2, 0) is 0 Å². The highest BCUT2D eigenvalue weighted by Gasteiger charge is 2.21. The third-order valence-electron chi connectivity index (χ3n) is 10.2. The Morgan fingerprint density at radius 2 is 0.902 bits per heavy atom. The summed E-state index contributed by atoms with van der Waals surface area (Å²) in [6.45, 7) is 0. The minimum Gasteiger partial charge on any atom is -0.309 e. The Bertz CT molecular complexity index is 3120. The van der Waals surface area contributed by atoms with Crippen molar-refractivity contribution in [3.05, 3.63) is 170 Å². The van der Waals surface area contributed by atoms with Gasteiger partial charge in [0.1, 0.15) is 4.83 Å². The maximum Gasteiger partial charge on any atom is 0.161 e. The first-order valence-corrected chi connectivity index (χ1v) is 18.0. The van der Waals surface area contributed by atoms with Gasteiger partial charge in [-0.25, -0.2) is 9.97 Å². The van der Waals surface area contributed by atoms with E-state index in [1.807, 2.05) is 6.07 Å². The normalized spacial score (nSPS) is 11.9. The van der Waals surface area contributed by atoms with E-state index in [0.717, 1.165) is 44.2 Å². The molecule has 0 radical (unpaired) electrons. The molecule has 4 aromatic heterocycles. The van der Waals surface area contributed by atoms with Gasteiger partial charge < -0.3 is 9.13 Å². The average Bonchev–Trinajstić information content (AvgIpc) is 3.86. The molecule has 4 nitrogen and oxygen atoms in total. The number of fused-ring (bicyclic) bond motifs is 10. The maximum absolute atomic E-state index is 5.23. The summed E-state index contributed by atoms with van der Waals surface area (Å²) in [5.41, 5.74) is 10.1. The van der Waals surface area contributed by atoms with Gasteiger partial charge in [-0.05, 0) is 66.7 Å². The fourth-order valence-corrected chi connectivity index (χ4v) is 9.04. The molecule has 11 rings (SSSR count). The lowest BCUT2D eigenvalue weighted by Gasteiger charge is -2.11. The second kappa shape index (κ2) is 11.0. The van der Waals surface area contributed by atoms with Gasteiger partial charge >= 0.3 is 0 Å². The fourth-order valence-electron chi connectivity index (χ4n) is 7.97. The van der Waals surface area contributed by atoms with E-state index in [1.54, 1.807) is 11.3 Å². The number of rotatable bonds is 4. The molecule has 0 unspecified atom stereocenters. The topological polar surface area (TPSA) is 35.6 Å². The Morgan fingerprint density at radius 3 is 1.55 bits per heavy atom. The van der Waals surface area contributed by atoms with Gasteiger partial charge in [0.2, 0.25) is 0 Å². The molecule has 0 bridgehead atoms. The van der Waals surface area contributed by atoms with Crippen molar-refractivity contribution in [2.45, 2.75) is 0 Å². The molecular formula is C46H28N4S. The van der Waals surface area contributed by atoms with Crippen molar-refractivity contribution in [1.29, 1.82) is 0 Å². The van der Waals surface area contributed by atoms with Crippen LogP contribution in [0.15, 0.2) is 170 Å². The van der Waals surface area contributed by atoms with Crippen LogP contribution >= 0.6 is 11.3 Å². The van der Waals surface area contributed by atoms with Gasteiger partial charge in [0.25, 0.3) is 0 Å². The molecule has 0 aliphatic heterocycles. The third-order valence-corrected chi connectivity index (χ3v) is 11.2. The van der Waals surface area contributed by atoms with E-state index in [0.29, 0.717) is 0 Å². The second-order valence-electron chi connectivity index (χ2n) is 13.0. The Morgan fingerprint density at radius 1 is 0.373 bits per heavy atom. The highest BCUT2D eigenvalue weighted by Crippen LogP contribution is 2.43.